The minimum Gasteiger partial charge on any atom is -0.511 e. The second-order valence-electron chi connectivity index (χ2n) is 9.31. The van der Waals surface area contributed by atoms with E-state index < -0.39 is 64.6 Å². The minimum absolute atomic E-state index is 0.0179. The Kier molecular flexibility index (Phi) is 6.48. The van der Waals surface area contributed by atoms with E-state index in [4.69, 9.17) is 11.6 Å². The van der Waals surface area contributed by atoms with Crippen molar-refractivity contribution in [1.29, 1.82) is 0 Å². The number of Topliss-reactive ketones (excluding diaryl/α,β-unsaturated/α-hetero) is 2. The molecule has 11 nitrogen and oxygen atoms in total. The quantitative estimate of drug-likeness (QED) is 0.184. The normalized spacial score (nSPS) is 25.1. The van der Waals surface area contributed by atoms with Gasteiger partial charge in [-0.25, -0.2) is 0 Å². The summed E-state index contributed by atoms with van der Waals surface area (Å²) >= 11 is 5.37. The molecular formula is C24H26ClN3O8. The van der Waals surface area contributed by atoms with Crippen LogP contribution in [0, 0.1) is 11.8 Å². The number of hydrogen-bond acceptors (Lipinski definition) is 9. The second-order valence-corrected chi connectivity index (χ2v) is 9.58. The van der Waals surface area contributed by atoms with E-state index in [1.54, 1.807) is 25.1 Å². The van der Waals surface area contributed by atoms with Gasteiger partial charge in [-0.2, -0.15) is 0 Å². The number of nitrogens with one attached hydrogen (secondary N) is 2. The predicted octanol–water partition coefficient (Wildman–Crippen LogP) is 0.590. The van der Waals surface area contributed by atoms with Gasteiger partial charge in [-0.3, -0.25) is 19.2 Å². The lowest BCUT2D eigenvalue weighted by molar-refractivity contribution is -0.144. The van der Waals surface area contributed by atoms with Crippen LogP contribution in [-0.2, 0) is 20.8 Å². The highest BCUT2D eigenvalue weighted by atomic mass is 35.5. The molecule has 0 unspecified atom stereocenters. The Balaban J connectivity index is 1.73. The monoisotopic (exact) mass is 519 g/mol. The van der Waals surface area contributed by atoms with Crippen molar-refractivity contribution >= 4 is 40.7 Å². The molecule has 0 saturated heterocycles. The summed E-state index contributed by atoms with van der Waals surface area (Å²) in [6.45, 7) is -0.395. The molecule has 4 rings (SSSR count). The molecule has 3 aliphatic rings. The first-order valence-corrected chi connectivity index (χ1v) is 11.8. The van der Waals surface area contributed by atoms with Crippen molar-refractivity contribution < 1.29 is 39.6 Å². The summed E-state index contributed by atoms with van der Waals surface area (Å²) in [7, 11) is 3.58. The molecule has 6 N–H and O–H groups in total. The Labute approximate surface area is 211 Å². The van der Waals surface area contributed by atoms with Gasteiger partial charge in [0.1, 0.15) is 28.7 Å². The molecule has 192 valence electrons. The first kappa shape index (κ1) is 25.5. The zero-order valence-electron chi connectivity index (χ0n) is 19.6. The summed E-state index contributed by atoms with van der Waals surface area (Å²) in [5.41, 5.74) is -2.32. The predicted molar refractivity (Wildman–Crippen MR) is 128 cm³/mol. The Hall–Kier alpha value is -3.57. The van der Waals surface area contributed by atoms with Crippen molar-refractivity contribution in [2.75, 3.05) is 31.5 Å². The number of phenols is 1. The molecule has 0 spiro atoms. The molecule has 0 saturated carbocycles. The van der Waals surface area contributed by atoms with E-state index in [1.165, 1.54) is 6.07 Å². The van der Waals surface area contributed by atoms with E-state index in [1.807, 2.05) is 0 Å². The Morgan fingerprint density at radius 3 is 2.47 bits per heavy atom. The van der Waals surface area contributed by atoms with Crippen molar-refractivity contribution in [2.45, 2.75) is 24.9 Å². The highest BCUT2D eigenvalue weighted by Gasteiger charge is 2.59. The number of amides is 2. The maximum atomic E-state index is 13.5. The summed E-state index contributed by atoms with van der Waals surface area (Å²) in [6, 6.07) is 3.04. The fourth-order valence-corrected chi connectivity index (χ4v) is 5.46. The number of nitrogens with zero attached hydrogens (tertiary/aromatic N) is 1. The van der Waals surface area contributed by atoms with Gasteiger partial charge in [-0.1, -0.05) is 0 Å². The van der Waals surface area contributed by atoms with Crippen LogP contribution in [0.25, 0.3) is 0 Å². The molecule has 3 aliphatic carbocycles. The van der Waals surface area contributed by atoms with Crippen molar-refractivity contribution in [1.82, 2.24) is 10.6 Å². The number of alkyl halides is 1. The fourth-order valence-electron chi connectivity index (χ4n) is 5.36. The van der Waals surface area contributed by atoms with Crippen LogP contribution in [0.3, 0.4) is 0 Å². The van der Waals surface area contributed by atoms with E-state index in [-0.39, 0.29) is 42.0 Å². The number of fused-ring (bicyclic) bond motifs is 3. The van der Waals surface area contributed by atoms with E-state index in [0.717, 1.165) is 0 Å². The topological polar surface area (TPSA) is 176 Å². The Morgan fingerprint density at radius 2 is 1.83 bits per heavy atom. The highest BCUT2D eigenvalue weighted by Crippen LogP contribution is 2.52. The summed E-state index contributed by atoms with van der Waals surface area (Å²) < 4.78 is 0. The van der Waals surface area contributed by atoms with Crippen LogP contribution >= 0.6 is 11.6 Å². The van der Waals surface area contributed by atoms with Crippen molar-refractivity contribution in [3.05, 3.63) is 45.9 Å². The van der Waals surface area contributed by atoms with Crippen LogP contribution in [0.15, 0.2) is 34.8 Å². The summed E-state index contributed by atoms with van der Waals surface area (Å²) in [5.74, 6) is -7.31. The van der Waals surface area contributed by atoms with Crippen molar-refractivity contribution in [3.8, 4) is 5.75 Å². The summed E-state index contributed by atoms with van der Waals surface area (Å²) in [4.78, 5) is 52.5. The van der Waals surface area contributed by atoms with E-state index in [2.05, 4.69) is 10.6 Å². The molecule has 1 aromatic rings. The lowest BCUT2D eigenvalue weighted by Crippen LogP contribution is -2.57. The molecule has 2 amide bonds. The fraction of sp³-hybridized carbons (Fsp3) is 0.417. The maximum Gasteiger partial charge on any atom is 0.259 e. The molecule has 12 heteroatoms. The molecule has 1 aromatic carbocycles. The Morgan fingerprint density at radius 1 is 1.14 bits per heavy atom. The van der Waals surface area contributed by atoms with Gasteiger partial charge in [0.25, 0.3) is 5.91 Å². The second kappa shape index (κ2) is 9.14. The van der Waals surface area contributed by atoms with Gasteiger partial charge in [0.2, 0.25) is 11.7 Å². The molecule has 0 heterocycles. The van der Waals surface area contributed by atoms with Gasteiger partial charge in [-0.15, -0.1) is 11.6 Å². The zero-order valence-corrected chi connectivity index (χ0v) is 20.3. The van der Waals surface area contributed by atoms with Crippen LogP contribution in [0.2, 0.25) is 0 Å². The number of aliphatic hydroxyl groups excluding tert-OH is 2. The number of aliphatic hydroxyl groups is 3. The number of phenolic OH excluding ortho intramolecular Hbond substituents is 1. The third-order valence-corrected chi connectivity index (χ3v) is 7.28. The number of rotatable bonds is 5. The first-order chi connectivity index (χ1) is 16.9. The Bertz CT molecular complexity index is 1250. The number of hydrogen-bond donors (Lipinski definition) is 6. The number of halogens is 1. The SMILES string of the molecule is CN(C)c1ccc(O)c2c1C[C@H]1C[C@H]3CC(O)=C(C(=O)NCNC(=O)CCl)C(=O)[C@@]3(O)C(O)=C1C2=O. The molecule has 0 aromatic heterocycles. The third kappa shape index (κ3) is 3.79. The van der Waals surface area contributed by atoms with Crippen molar-refractivity contribution in [2.24, 2.45) is 11.8 Å². The number of aromatic hydroxyl groups is 1. The van der Waals surface area contributed by atoms with Crippen LogP contribution in [0.4, 0.5) is 5.69 Å². The molecule has 3 atom stereocenters. The van der Waals surface area contributed by atoms with E-state index in [0.29, 0.717) is 11.3 Å². The van der Waals surface area contributed by atoms with Gasteiger partial charge >= 0.3 is 0 Å². The standard InChI is InChI=1S/C24H26ClN3O8/c1-28(2)13-3-4-14(29)18-12(13)6-10-5-11-7-15(30)19(23(35)27-9-26-16(31)8-25)22(34)24(11,36)21(33)17(10)20(18)32/h3-4,10-11,29-30,33,36H,5-9H2,1-2H3,(H,26,31)(H,27,35)/t10-,11+,24+/m1/s1. The summed E-state index contributed by atoms with van der Waals surface area (Å²) in [6.07, 6.45) is 0.0236. The number of anilines is 1. The smallest absolute Gasteiger partial charge is 0.259 e. The lowest BCUT2D eigenvalue weighted by atomic mass is 9.60. The van der Waals surface area contributed by atoms with Crippen molar-refractivity contribution in [3.63, 3.8) is 0 Å². The maximum absolute atomic E-state index is 13.5. The molecule has 0 fully saturated rings. The van der Waals surface area contributed by atoms with E-state index in [9.17, 15) is 39.6 Å². The molecule has 36 heavy (non-hydrogen) atoms. The number of benzene rings is 1. The average molecular weight is 520 g/mol. The largest absolute Gasteiger partial charge is 0.511 e. The van der Waals surface area contributed by atoms with Gasteiger partial charge in [0.15, 0.2) is 11.4 Å². The van der Waals surface area contributed by atoms with Crippen LogP contribution < -0.4 is 15.5 Å². The average Bonchev–Trinajstić information content (AvgIpc) is 2.81. The molecule has 0 radical (unpaired) electrons. The van der Waals surface area contributed by atoms with Gasteiger partial charge < -0.3 is 36.0 Å². The minimum atomic E-state index is -2.62. The molecule has 0 aliphatic heterocycles. The number of allylic oxidation sites excluding steroid dienone is 2. The zero-order chi connectivity index (χ0) is 26.5. The van der Waals surface area contributed by atoms with Gasteiger partial charge in [0.05, 0.1) is 12.2 Å². The molecule has 0 bridgehead atoms. The van der Waals surface area contributed by atoms with Gasteiger partial charge in [0, 0.05) is 37.7 Å². The highest BCUT2D eigenvalue weighted by molar-refractivity contribution is 6.27. The van der Waals surface area contributed by atoms with Crippen LogP contribution in [0.1, 0.15) is 28.8 Å². The third-order valence-electron chi connectivity index (χ3n) is 7.04. The van der Waals surface area contributed by atoms with Gasteiger partial charge in [-0.05, 0) is 36.5 Å². The van der Waals surface area contributed by atoms with Crippen LogP contribution in [0.5, 0.6) is 5.75 Å². The van der Waals surface area contributed by atoms with E-state index >= 15 is 0 Å². The molecular weight excluding hydrogens is 494 g/mol. The summed E-state index contributed by atoms with van der Waals surface area (Å²) in [5, 5.41) is 48.1. The van der Waals surface area contributed by atoms with Crippen LogP contribution in [-0.4, -0.2) is 76.1 Å². The number of carbonyl (C=O) groups excluding carboxylic acids is 4. The lowest BCUT2D eigenvalue weighted by Gasteiger charge is -2.46. The first-order valence-electron chi connectivity index (χ1n) is 11.2. The number of carbonyl (C=O) groups is 4. The number of ketones is 2.